The zero-order valence-electron chi connectivity index (χ0n) is 7.20. The molecule has 0 aliphatic rings. The molecule has 2 N–H and O–H groups in total. The Morgan fingerprint density at radius 3 is 2.50 bits per heavy atom. The number of aromatic nitrogens is 2. The molecule has 1 aromatic rings. The molecule has 0 aliphatic carbocycles. The molecule has 0 bridgehead atoms. The van der Waals surface area contributed by atoms with E-state index in [-0.39, 0.29) is 0 Å². The van der Waals surface area contributed by atoms with E-state index in [9.17, 15) is 4.21 Å². The van der Waals surface area contributed by atoms with E-state index in [2.05, 4.69) is 9.82 Å². The molecule has 1 rings (SSSR count). The zero-order chi connectivity index (χ0) is 9.30. The number of rotatable bonds is 2. The lowest BCUT2D eigenvalue weighted by molar-refractivity contribution is 0.524. The molecule has 0 fully saturated rings. The molecule has 0 radical (unpaired) electrons. The molecule has 1 aromatic heterocycles. The highest BCUT2D eigenvalue weighted by molar-refractivity contribution is 7.80. The first-order valence-electron chi connectivity index (χ1n) is 3.45. The normalized spacial score (nSPS) is 13.0. The van der Waals surface area contributed by atoms with Crippen molar-refractivity contribution in [2.24, 2.45) is 7.05 Å². The average Bonchev–Trinajstić information content (AvgIpc) is 2.16. The summed E-state index contributed by atoms with van der Waals surface area (Å²) >= 11 is -2.35. The Labute approximate surface area is 73.2 Å². The molecule has 0 aromatic carbocycles. The summed E-state index contributed by atoms with van der Waals surface area (Å²) in [5.41, 5.74) is 2.22. The number of anilines is 1. The maximum atomic E-state index is 10.5. The molecular weight excluding hydrogens is 178 g/mol. The Morgan fingerprint density at radius 2 is 2.17 bits per heavy atom. The van der Waals surface area contributed by atoms with Gasteiger partial charge in [-0.05, 0) is 18.1 Å². The Balaban J connectivity index is 3.05. The highest BCUT2D eigenvalue weighted by Crippen LogP contribution is 2.18. The molecule has 0 aliphatic heterocycles. The highest BCUT2D eigenvalue weighted by atomic mass is 32.2. The summed E-state index contributed by atoms with van der Waals surface area (Å²) < 4.78 is 23.2. The van der Waals surface area contributed by atoms with Gasteiger partial charge in [0.25, 0.3) is 11.3 Å². The van der Waals surface area contributed by atoms with Crippen LogP contribution < -0.4 is 4.72 Å². The lowest BCUT2D eigenvalue weighted by atomic mass is 10.3. The fourth-order valence-corrected chi connectivity index (χ4v) is 1.55. The van der Waals surface area contributed by atoms with E-state index in [4.69, 9.17) is 4.55 Å². The first-order valence-corrected chi connectivity index (χ1v) is 4.66. The van der Waals surface area contributed by atoms with E-state index in [1.165, 1.54) is 0 Å². The van der Waals surface area contributed by atoms with Crippen LogP contribution in [0, 0.1) is 13.8 Å². The van der Waals surface area contributed by atoms with Gasteiger partial charge in [-0.15, -0.1) is 0 Å². The topological polar surface area (TPSA) is 67.2 Å². The first kappa shape index (κ1) is 9.21. The average molecular weight is 190 g/mol. The summed E-state index contributed by atoms with van der Waals surface area (Å²) in [6.07, 6.45) is 0. The van der Waals surface area contributed by atoms with Crippen LogP contribution in [-0.2, 0) is 22.5 Å². The fraction of sp³-hybridized carbons (Fsp3) is 0.500. The number of aryl methyl sites for hydroxylation is 2. The van der Waals surface area contributed by atoms with Crippen molar-refractivity contribution < 1.29 is 8.76 Å². The van der Waals surface area contributed by atoms with Gasteiger partial charge in [-0.3, -0.25) is 4.68 Å². The summed E-state index contributed by atoms with van der Waals surface area (Å²) in [6, 6.07) is 0. The van der Waals surface area contributed by atoms with Crippen molar-refractivity contribution in [3.05, 3.63) is 11.4 Å². The van der Waals surface area contributed by atoms with Crippen LogP contribution in [0.5, 0.6) is 0 Å². The van der Waals surface area contributed by atoms with Gasteiger partial charge >= 0.3 is 0 Å². The molecule has 0 spiro atoms. The molecule has 1 unspecified atom stereocenters. The summed E-state index contributed by atoms with van der Waals surface area (Å²) in [6.45, 7) is 3.62. The van der Waals surface area contributed by atoms with Gasteiger partial charge in [0.05, 0.1) is 11.4 Å². The quantitative estimate of drug-likeness (QED) is 0.528. The number of thiol groups is 1. The van der Waals surface area contributed by atoms with Gasteiger partial charge in [0.1, 0.15) is 5.69 Å². The summed E-state index contributed by atoms with van der Waals surface area (Å²) in [5, 5.41) is 4.08. The third kappa shape index (κ3) is 1.64. The van der Waals surface area contributed by atoms with Crippen molar-refractivity contribution in [1.82, 2.24) is 9.78 Å². The second-order valence-corrected chi connectivity index (χ2v) is 3.32. The van der Waals surface area contributed by atoms with Crippen LogP contribution in [-0.4, -0.2) is 14.3 Å². The molecule has 1 heterocycles. The monoisotopic (exact) mass is 190 g/mol. The molecule has 6 heteroatoms. The van der Waals surface area contributed by atoms with Crippen molar-refractivity contribution >= 4 is 17.0 Å². The van der Waals surface area contributed by atoms with Gasteiger partial charge in [0, 0.05) is 7.05 Å². The second-order valence-electron chi connectivity index (χ2n) is 2.55. The minimum absolute atomic E-state index is 0.640. The third-order valence-corrected chi connectivity index (χ3v) is 2.13. The molecule has 0 saturated carbocycles. The van der Waals surface area contributed by atoms with Gasteiger partial charge in [-0.25, -0.2) is 0 Å². The number of hydrogen-bond donors (Lipinski definition) is 2. The van der Waals surface area contributed by atoms with Gasteiger partial charge in [-0.1, -0.05) is 0 Å². The number of nitrogens with zero attached hydrogens (tertiary/aromatic N) is 2. The van der Waals surface area contributed by atoms with Crippen molar-refractivity contribution in [2.45, 2.75) is 13.8 Å². The highest BCUT2D eigenvalue weighted by Gasteiger charge is 2.12. The number of hydrogen-bond acceptors (Lipinski definition) is 2. The Morgan fingerprint density at radius 1 is 1.58 bits per heavy atom. The van der Waals surface area contributed by atoms with Crippen LogP contribution >= 0.6 is 0 Å². The van der Waals surface area contributed by atoms with E-state index in [0.717, 1.165) is 11.4 Å². The van der Waals surface area contributed by atoms with E-state index < -0.39 is 11.3 Å². The van der Waals surface area contributed by atoms with Crippen LogP contribution in [0.4, 0.5) is 5.69 Å². The molecule has 0 saturated heterocycles. The van der Waals surface area contributed by atoms with Gasteiger partial charge in [-0.2, -0.15) is 14.4 Å². The largest absolute Gasteiger partial charge is 0.298 e. The summed E-state index contributed by atoms with van der Waals surface area (Å²) in [4.78, 5) is 0. The standard InChI is InChI=1S/C6H11N3O2S/c1-4-6(8-12(10)11)5(2)9(3)7-4/h1-3H3,(H2,8,10,11)/p+1. The van der Waals surface area contributed by atoms with Crippen LogP contribution in [0.1, 0.15) is 11.4 Å². The van der Waals surface area contributed by atoms with E-state index in [1.54, 1.807) is 18.7 Å². The van der Waals surface area contributed by atoms with Crippen LogP contribution in [0.2, 0.25) is 0 Å². The first-order chi connectivity index (χ1) is 5.52. The van der Waals surface area contributed by atoms with E-state index in [1.807, 2.05) is 6.92 Å². The van der Waals surface area contributed by atoms with Gasteiger partial charge in [0.2, 0.25) is 0 Å². The fourth-order valence-electron chi connectivity index (χ4n) is 1.03. The summed E-state index contributed by atoms with van der Waals surface area (Å²) in [7, 11) is 1.79. The van der Waals surface area contributed by atoms with E-state index in [0.29, 0.717) is 5.69 Å². The maximum absolute atomic E-state index is 10.5. The number of nitrogens with one attached hydrogen (secondary N) is 1. The lowest BCUT2D eigenvalue weighted by Crippen LogP contribution is -2.03. The Hall–Kier alpha value is -0.880. The van der Waals surface area contributed by atoms with Gasteiger partial charge in [0.15, 0.2) is 0 Å². The second kappa shape index (κ2) is 3.24. The molecule has 1 atom stereocenters. The van der Waals surface area contributed by atoms with Crippen molar-refractivity contribution in [3.8, 4) is 0 Å². The molecular formula is C6H12N3O2S+. The molecule has 5 nitrogen and oxygen atoms in total. The molecule has 0 amide bonds. The SMILES string of the molecule is Cc1nn(C)c(C)c1N[SH+](=O)O. The summed E-state index contributed by atoms with van der Waals surface area (Å²) in [5.74, 6) is 0. The van der Waals surface area contributed by atoms with Crippen molar-refractivity contribution in [1.29, 1.82) is 0 Å². The minimum Gasteiger partial charge on any atom is -0.270 e. The molecule has 12 heavy (non-hydrogen) atoms. The smallest absolute Gasteiger partial charge is 0.270 e. The predicted octanol–water partition coefficient (Wildman–Crippen LogP) is 0.533. The van der Waals surface area contributed by atoms with E-state index >= 15 is 0 Å². The van der Waals surface area contributed by atoms with Crippen LogP contribution in [0.15, 0.2) is 0 Å². The van der Waals surface area contributed by atoms with Crippen LogP contribution in [0.3, 0.4) is 0 Å². The third-order valence-electron chi connectivity index (χ3n) is 1.72. The predicted molar refractivity (Wildman–Crippen MR) is 48.4 cm³/mol. The Bertz CT molecular complexity index is 321. The van der Waals surface area contributed by atoms with Gasteiger partial charge < -0.3 is 0 Å². The minimum atomic E-state index is -2.35. The lowest BCUT2D eigenvalue weighted by Gasteiger charge is -1.95. The maximum Gasteiger partial charge on any atom is 0.298 e. The Kier molecular flexibility index (Phi) is 2.49. The van der Waals surface area contributed by atoms with Crippen molar-refractivity contribution in [3.63, 3.8) is 0 Å². The van der Waals surface area contributed by atoms with Crippen LogP contribution in [0.25, 0.3) is 0 Å². The molecule has 68 valence electrons. The zero-order valence-corrected chi connectivity index (χ0v) is 8.09. The van der Waals surface area contributed by atoms with Crippen molar-refractivity contribution in [2.75, 3.05) is 4.72 Å².